The van der Waals surface area contributed by atoms with E-state index < -0.39 is 10.8 Å². The van der Waals surface area contributed by atoms with Gasteiger partial charge in [0.15, 0.2) is 0 Å². The molecule has 1 aromatic heterocycles. The zero-order chi connectivity index (χ0) is 18.4. The van der Waals surface area contributed by atoms with Crippen LogP contribution in [0.25, 0.3) is 0 Å². The maximum Gasteiger partial charge on any atom is 0.326 e. The van der Waals surface area contributed by atoms with Gasteiger partial charge in [0.1, 0.15) is 11.7 Å². The van der Waals surface area contributed by atoms with Crippen LogP contribution in [0.5, 0.6) is 0 Å². The van der Waals surface area contributed by atoms with Crippen LogP contribution in [-0.2, 0) is 16.1 Å². The summed E-state index contributed by atoms with van der Waals surface area (Å²) in [7, 11) is 0. The van der Waals surface area contributed by atoms with Crippen molar-refractivity contribution in [1.29, 1.82) is 0 Å². The van der Waals surface area contributed by atoms with E-state index in [1.807, 2.05) is 28.7 Å². The second kappa shape index (κ2) is 9.11. The van der Waals surface area contributed by atoms with Gasteiger partial charge >= 0.3 is 10.8 Å². The molecule has 25 heavy (non-hydrogen) atoms. The van der Waals surface area contributed by atoms with Crippen molar-refractivity contribution in [3.63, 3.8) is 0 Å². The third-order valence-electron chi connectivity index (χ3n) is 2.92. The van der Waals surface area contributed by atoms with Gasteiger partial charge in [0, 0.05) is 3.57 Å². The lowest BCUT2D eigenvalue weighted by atomic mass is 10.2. The maximum absolute atomic E-state index is 12.0. The van der Waals surface area contributed by atoms with Crippen molar-refractivity contribution < 1.29 is 14.3 Å². The average molecular weight is 494 g/mol. The number of hydrogen-bond donors (Lipinski definition) is 1. The number of halogens is 2. The van der Waals surface area contributed by atoms with Crippen molar-refractivity contribution in [2.24, 2.45) is 5.10 Å². The molecule has 0 radical (unpaired) electrons. The Labute approximate surface area is 165 Å². The third kappa shape index (κ3) is 5.13. The van der Waals surface area contributed by atoms with Crippen LogP contribution in [0, 0.1) is 3.57 Å². The largest absolute Gasteiger partial charge is 0.465 e. The number of aromatic nitrogens is 1. The fourth-order valence-corrected chi connectivity index (χ4v) is 3.55. The highest BCUT2D eigenvalue weighted by Crippen LogP contribution is 2.17. The normalized spacial score (nSPS) is 10.8. The molecule has 0 saturated carbocycles. The molecule has 10 heteroatoms. The molecule has 0 aliphatic carbocycles. The van der Waals surface area contributed by atoms with E-state index in [-0.39, 0.29) is 24.2 Å². The number of esters is 1. The molecule has 1 N–H and O–H groups in total. The molecule has 2 aromatic rings. The van der Waals surface area contributed by atoms with Crippen LogP contribution >= 0.6 is 45.5 Å². The summed E-state index contributed by atoms with van der Waals surface area (Å²) in [5.74, 6) is -0.935. The first-order chi connectivity index (χ1) is 11.9. The number of rotatable bonds is 6. The third-order valence-corrected chi connectivity index (χ3v) is 5.29. The van der Waals surface area contributed by atoms with Crippen molar-refractivity contribution in [1.82, 2.24) is 9.99 Å². The van der Waals surface area contributed by atoms with Gasteiger partial charge in [-0.25, -0.2) is 5.43 Å². The fourth-order valence-electron chi connectivity index (χ4n) is 1.81. The van der Waals surface area contributed by atoms with Gasteiger partial charge in [-0.15, -0.1) is 0 Å². The van der Waals surface area contributed by atoms with E-state index in [0.29, 0.717) is 10.4 Å². The van der Waals surface area contributed by atoms with Gasteiger partial charge in [-0.2, -0.15) is 5.10 Å². The summed E-state index contributed by atoms with van der Waals surface area (Å²) in [6.45, 7) is 1.61. The average Bonchev–Trinajstić information content (AvgIpc) is 2.83. The van der Waals surface area contributed by atoms with Crippen molar-refractivity contribution >= 4 is 63.6 Å². The summed E-state index contributed by atoms with van der Waals surface area (Å²) in [5, 5.41) is 3.88. The Morgan fingerprint density at radius 2 is 2.16 bits per heavy atom. The van der Waals surface area contributed by atoms with Crippen LogP contribution < -0.4 is 10.3 Å². The molecular weight excluding hydrogens is 481 g/mol. The Morgan fingerprint density at radius 3 is 2.84 bits per heavy atom. The van der Waals surface area contributed by atoms with Crippen LogP contribution in [-0.4, -0.2) is 29.3 Å². The smallest absolute Gasteiger partial charge is 0.326 e. The van der Waals surface area contributed by atoms with Crippen LogP contribution in [0.15, 0.2) is 34.2 Å². The molecule has 0 aliphatic rings. The molecule has 1 heterocycles. The summed E-state index contributed by atoms with van der Waals surface area (Å²) in [6, 6.07) is 7.05. The number of nitrogens with one attached hydrogen (secondary N) is 1. The number of nitrogens with zero attached hydrogens (tertiary/aromatic N) is 2. The Morgan fingerprint density at radius 1 is 1.44 bits per heavy atom. The SMILES string of the molecule is CCOC(=O)Cn1c(Cl)c(/C=N/NC(=O)c2ccccc2I)sc1=O. The zero-order valence-electron chi connectivity index (χ0n) is 13.0. The Hall–Kier alpha value is -1.72. The van der Waals surface area contributed by atoms with Gasteiger partial charge in [0.05, 0.1) is 23.3 Å². The quantitative estimate of drug-likeness (QED) is 0.290. The Kier molecular flexibility index (Phi) is 7.14. The molecule has 132 valence electrons. The highest BCUT2D eigenvalue weighted by Gasteiger charge is 2.15. The van der Waals surface area contributed by atoms with Gasteiger partial charge in [-0.3, -0.25) is 19.0 Å². The highest BCUT2D eigenvalue weighted by molar-refractivity contribution is 14.1. The van der Waals surface area contributed by atoms with E-state index in [1.54, 1.807) is 25.1 Å². The summed E-state index contributed by atoms with van der Waals surface area (Å²) in [5.41, 5.74) is 2.86. The molecule has 2 rings (SSSR count). The molecule has 0 aliphatic heterocycles. The van der Waals surface area contributed by atoms with E-state index in [9.17, 15) is 14.4 Å². The Balaban J connectivity index is 2.09. The van der Waals surface area contributed by atoms with Crippen molar-refractivity contribution in [3.8, 4) is 0 Å². The van der Waals surface area contributed by atoms with Crippen LogP contribution in [0.4, 0.5) is 0 Å². The summed E-state index contributed by atoms with van der Waals surface area (Å²) < 4.78 is 6.67. The van der Waals surface area contributed by atoms with Crippen molar-refractivity contribution in [2.75, 3.05) is 6.61 Å². The standard InChI is InChI=1S/C15H13ClIN3O4S/c1-2-24-12(21)8-20-13(16)11(25-15(20)23)7-18-19-14(22)9-5-3-4-6-10(9)17/h3-7H,2,8H2,1H3,(H,19,22)/b18-7+. The molecule has 0 saturated heterocycles. The van der Waals surface area contributed by atoms with Crippen molar-refractivity contribution in [3.05, 3.63) is 53.1 Å². The molecule has 0 fully saturated rings. The number of carbonyl (C=O) groups is 2. The second-order valence-electron chi connectivity index (χ2n) is 4.59. The van der Waals surface area contributed by atoms with Crippen LogP contribution in [0.2, 0.25) is 5.15 Å². The highest BCUT2D eigenvalue weighted by atomic mass is 127. The predicted molar refractivity (Wildman–Crippen MR) is 104 cm³/mol. The minimum Gasteiger partial charge on any atom is -0.465 e. The van der Waals surface area contributed by atoms with E-state index in [2.05, 4.69) is 10.5 Å². The lowest BCUT2D eigenvalue weighted by molar-refractivity contribution is -0.143. The molecule has 1 amide bonds. The predicted octanol–water partition coefficient (Wildman–Crippen LogP) is 2.49. The van der Waals surface area contributed by atoms with Gasteiger partial charge in [-0.05, 0) is 41.6 Å². The fraction of sp³-hybridized carbons (Fsp3) is 0.200. The van der Waals surface area contributed by atoms with E-state index in [4.69, 9.17) is 16.3 Å². The first-order valence-electron chi connectivity index (χ1n) is 7.06. The molecule has 0 spiro atoms. The lowest BCUT2D eigenvalue weighted by Gasteiger charge is -2.03. The molecular formula is C15H13ClIN3O4S. The number of carbonyl (C=O) groups excluding carboxylic acids is 2. The topological polar surface area (TPSA) is 89.8 Å². The first-order valence-corrected chi connectivity index (χ1v) is 9.34. The second-order valence-corrected chi connectivity index (χ2v) is 7.11. The van der Waals surface area contributed by atoms with Gasteiger partial charge in [0.25, 0.3) is 5.91 Å². The number of ether oxygens (including phenoxy) is 1. The van der Waals surface area contributed by atoms with Crippen molar-refractivity contribution in [2.45, 2.75) is 13.5 Å². The van der Waals surface area contributed by atoms with E-state index in [0.717, 1.165) is 19.5 Å². The summed E-state index contributed by atoms with van der Waals surface area (Å²) >= 11 is 8.96. The van der Waals surface area contributed by atoms with Gasteiger partial charge in [0.2, 0.25) is 0 Å². The van der Waals surface area contributed by atoms with Gasteiger partial charge in [-0.1, -0.05) is 35.1 Å². The molecule has 7 nitrogen and oxygen atoms in total. The van der Waals surface area contributed by atoms with Crippen LogP contribution in [0.1, 0.15) is 22.2 Å². The summed E-state index contributed by atoms with van der Waals surface area (Å²) in [6.07, 6.45) is 1.27. The van der Waals surface area contributed by atoms with E-state index >= 15 is 0 Å². The molecule has 0 unspecified atom stereocenters. The number of amides is 1. The lowest BCUT2D eigenvalue weighted by Crippen LogP contribution is -2.21. The molecule has 0 bridgehead atoms. The minimum atomic E-state index is -0.556. The summed E-state index contributed by atoms with van der Waals surface area (Å²) in [4.78, 5) is 35.4. The van der Waals surface area contributed by atoms with Gasteiger partial charge < -0.3 is 4.74 Å². The monoisotopic (exact) mass is 493 g/mol. The molecule has 1 aromatic carbocycles. The van der Waals surface area contributed by atoms with Crippen LogP contribution in [0.3, 0.4) is 0 Å². The number of hydrazone groups is 1. The maximum atomic E-state index is 12.0. The zero-order valence-corrected chi connectivity index (χ0v) is 16.7. The molecule has 0 atom stereocenters. The van der Waals surface area contributed by atoms with E-state index in [1.165, 1.54) is 6.21 Å². The minimum absolute atomic E-state index is 0.0651. The Bertz CT molecular complexity index is 878. The first kappa shape index (κ1) is 19.6. The number of hydrogen-bond acceptors (Lipinski definition) is 6. The number of thiazole rings is 1. The number of benzene rings is 1.